The Kier molecular flexibility index (Phi) is 3.27. The topological polar surface area (TPSA) is 34.9 Å². The zero-order valence-electron chi connectivity index (χ0n) is 13.0. The Morgan fingerprint density at radius 1 is 1.09 bits per heavy atom. The second-order valence-corrected chi connectivity index (χ2v) is 6.98. The third-order valence-electron chi connectivity index (χ3n) is 4.38. The number of fused-ring (bicyclic) bond motifs is 2. The number of rotatable bonds is 2. The van der Waals surface area contributed by atoms with Crippen molar-refractivity contribution in [3.8, 4) is 0 Å². The molecule has 2 heterocycles. The maximum atomic E-state index is 12.8. The third-order valence-corrected chi connectivity index (χ3v) is 5.49. The number of benzene rings is 2. The molecule has 23 heavy (non-hydrogen) atoms. The molecule has 4 rings (SSSR count). The van der Waals surface area contributed by atoms with E-state index in [9.17, 15) is 4.79 Å². The van der Waals surface area contributed by atoms with E-state index in [1.807, 2.05) is 32.0 Å². The molecular formula is C19H16N2OS. The van der Waals surface area contributed by atoms with E-state index in [4.69, 9.17) is 0 Å². The lowest BCUT2D eigenvalue weighted by Gasteiger charge is -2.09. The van der Waals surface area contributed by atoms with Gasteiger partial charge in [-0.15, -0.1) is 11.3 Å². The lowest BCUT2D eigenvalue weighted by molar-refractivity contribution is 0.753. The molecule has 0 saturated carbocycles. The normalized spacial score (nSPS) is 11.4. The van der Waals surface area contributed by atoms with E-state index < -0.39 is 0 Å². The van der Waals surface area contributed by atoms with Gasteiger partial charge in [-0.1, -0.05) is 42.5 Å². The van der Waals surface area contributed by atoms with Gasteiger partial charge in [0.2, 0.25) is 0 Å². The van der Waals surface area contributed by atoms with Gasteiger partial charge >= 0.3 is 0 Å². The highest BCUT2D eigenvalue weighted by Gasteiger charge is 2.12. The number of aromatic nitrogens is 2. The Hall–Kier alpha value is -2.46. The maximum Gasteiger partial charge on any atom is 0.262 e. The van der Waals surface area contributed by atoms with Crippen LogP contribution in [0.25, 0.3) is 21.0 Å². The van der Waals surface area contributed by atoms with E-state index in [0.29, 0.717) is 6.54 Å². The van der Waals surface area contributed by atoms with Crippen LogP contribution in [0, 0.1) is 13.8 Å². The largest absolute Gasteiger partial charge is 0.294 e. The minimum Gasteiger partial charge on any atom is -0.294 e. The lowest BCUT2D eigenvalue weighted by atomic mass is 10.0. The fourth-order valence-electron chi connectivity index (χ4n) is 3.00. The SMILES string of the molecule is Cc1sc2ncn(Cc3cccc4ccccc34)c(=O)c2c1C. The highest BCUT2D eigenvalue weighted by molar-refractivity contribution is 7.18. The molecule has 0 fully saturated rings. The lowest BCUT2D eigenvalue weighted by Crippen LogP contribution is -2.21. The number of thiophene rings is 1. The van der Waals surface area contributed by atoms with Crippen molar-refractivity contribution in [3.05, 3.63) is 75.1 Å². The van der Waals surface area contributed by atoms with Crippen LogP contribution >= 0.6 is 11.3 Å². The Labute approximate surface area is 137 Å². The zero-order valence-corrected chi connectivity index (χ0v) is 13.9. The number of hydrogen-bond acceptors (Lipinski definition) is 3. The molecule has 0 saturated heterocycles. The third kappa shape index (κ3) is 2.26. The fourth-order valence-corrected chi connectivity index (χ4v) is 3.98. The molecule has 2 aromatic carbocycles. The minimum atomic E-state index is 0.0461. The molecule has 0 N–H and O–H groups in total. The second kappa shape index (κ2) is 5.32. The summed E-state index contributed by atoms with van der Waals surface area (Å²) in [5, 5.41) is 3.13. The van der Waals surface area contributed by atoms with Gasteiger partial charge < -0.3 is 0 Å². The highest BCUT2D eigenvalue weighted by atomic mass is 32.1. The van der Waals surface area contributed by atoms with Gasteiger partial charge in [-0.3, -0.25) is 9.36 Å². The summed E-state index contributed by atoms with van der Waals surface area (Å²) < 4.78 is 1.71. The first-order valence-corrected chi connectivity index (χ1v) is 8.38. The Morgan fingerprint density at radius 3 is 2.74 bits per heavy atom. The van der Waals surface area contributed by atoms with Crippen molar-refractivity contribution < 1.29 is 0 Å². The first-order valence-electron chi connectivity index (χ1n) is 7.57. The van der Waals surface area contributed by atoms with Crippen LogP contribution in [0.1, 0.15) is 16.0 Å². The van der Waals surface area contributed by atoms with Crippen LogP contribution in [0.4, 0.5) is 0 Å². The average molecular weight is 320 g/mol. The number of aryl methyl sites for hydroxylation is 2. The van der Waals surface area contributed by atoms with Crippen LogP contribution < -0.4 is 5.56 Å². The van der Waals surface area contributed by atoms with E-state index in [0.717, 1.165) is 26.2 Å². The molecule has 0 atom stereocenters. The van der Waals surface area contributed by atoms with Crippen LogP contribution in [0.2, 0.25) is 0 Å². The minimum absolute atomic E-state index is 0.0461. The van der Waals surface area contributed by atoms with Gasteiger partial charge in [0.15, 0.2) is 0 Å². The molecule has 3 nitrogen and oxygen atoms in total. The van der Waals surface area contributed by atoms with Gasteiger partial charge in [0.05, 0.1) is 18.3 Å². The van der Waals surface area contributed by atoms with Crippen molar-refractivity contribution in [2.75, 3.05) is 0 Å². The summed E-state index contributed by atoms with van der Waals surface area (Å²) in [5.41, 5.74) is 2.23. The highest BCUT2D eigenvalue weighted by Crippen LogP contribution is 2.26. The molecule has 4 aromatic rings. The van der Waals surface area contributed by atoms with Crippen molar-refractivity contribution in [1.29, 1.82) is 0 Å². The Balaban J connectivity index is 1.88. The fraction of sp³-hybridized carbons (Fsp3) is 0.158. The summed E-state index contributed by atoms with van der Waals surface area (Å²) in [5.74, 6) is 0. The first kappa shape index (κ1) is 14.2. The first-order chi connectivity index (χ1) is 11.1. The summed E-state index contributed by atoms with van der Waals surface area (Å²) >= 11 is 1.59. The Bertz CT molecular complexity index is 1090. The summed E-state index contributed by atoms with van der Waals surface area (Å²) in [4.78, 5) is 19.3. The predicted molar refractivity (Wildman–Crippen MR) is 96.4 cm³/mol. The predicted octanol–water partition coefficient (Wildman–Crippen LogP) is 4.28. The van der Waals surface area contributed by atoms with Crippen molar-refractivity contribution in [3.63, 3.8) is 0 Å². The van der Waals surface area contributed by atoms with Crippen molar-refractivity contribution in [2.45, 2.75) is 20.4 Å². The summed E-state index contributed by atoms with van der Waals surface area (Å²) in [6.45, 7) is 4.58. The van der Waals surface area contributed by atoms with Crippen LogP contribution in [-0.4, -0.2) is 9.55 Å². The summed E-state index contributed by atoms with van der Waals surface area (Å²) in [6, 6.07) is 14.5. The quantitative estimate of drug-likeness (QED) is 0.552. The van der Waals surface area contributed by atoms with Crippen LogP contribution in [0.5, 0.6) is 0 Å². The smallest absolute Gasteiger partial charge is 0.262 e. The van der Waals surface area contributed by atoms with Crippen LogP contribution in [-0.2, 0) is 6.54 Å². The summed E-state index contributed by atoms with van der Waals surface area (Å²) in [7, 11) is 0. The van der Waals surface area contributed by atoms with Crippen LogP contribution in [0.3, 0.4) is 0 Å². The molecule has 0 unspecified atom stereocenters. The standard InChI is InChI=1S/C19H16N2OS/c1-12-13(2)23-18-17(12)19(22)21(11-20-18)10-15-8-5-7-14-6-3-4-9-16(14)15/h3-9,11H,10H2,1-2H3. The molecule has 0 aliphatic carbocycles. The zero-order chi connectivity index (χ0) is 16.0. The van der Waals surface area contributed by atoms with Crippen molar-refractivity contribution >= 4 is 32.3 Å². The second-order valence-electron chi connectivity index (χ2n) is 5.78. The number of hydrogen-bond donors (Lipinski definition) is 0. The molecule has 0 aliphatic rings. The maximum absolute atomic E-state index is 12.8. The van der Waals surface area contributed by atoms with Gasteiger partial charge in [-0.05, 0) is 35.7 Å². The molecule has 4 heteroatoms. The van der Waals surface area contributed by atoms with Gasteiger partial charge in [0.25, 0.3) is 5.56 Å². The average Bonchev–Trinajstić information content (AvgIpc) is 2.86. The van der Waals surface area contributed by atoms with Crippen LogP contribution in [0.15, 0.2) is 53.6 Å². The number of nitrogens with zero attached hydrogens (tertiary/aromatic N) is 2. The molecule has 2 aromatic heterocycles. The van der Waals surface area contributed by atoms with E-state index in [1.165, 1.54) is 10.8 Å². The Morgan fingerprint density at radius 2 is 1.87 bits per heavy atom. The summed E-state index contributed by atoms with van der Waals surface area (Å²) in [6.07, 6.45) is 1.67. The van der Waals surface area contributed by atoms with E-state index in [1.54, 1.807) is 22.2 Å². The molecule has 0 radical (unpaired) electrons. The monoisotopic (exact) mass is 320 g/mol. The van der Waals surface area contributed by atoms with E-state index in [-0.39, 0.29) is 5.56 Å². The van der Waals surface area contributed by atoms with E-state index >= 15 is 0 Å². The molecule has 0 amide bonds. The van der Waals surface area contributed by atoms with E-state index in [2.05, 4.69) is 29.2 Å². The van der Waals surface area contributed by atoms with Crippen molar-refractivity contribution in [1.82, 2.24) is 9.55 Å². The molecule has 0 bridgehead atoms. The van der Waals surface area contributed by atoms with Crippen molar-refractivity contribution in [2.24, 2.45) is 0 Å². The molecule has 114 valence electrons. The molecule has 0 spiro atoms. The molecule has 0 aliphatic heterocycles. The van der Waals surface area contributed by atoms with Gasteiger partial charge in [-0.25, -0.2) is 4.98 Å². The van der Waals surface area contributed by atoms with Gasteiger partial charge in [-0.2, -0.15) is 0 Å². The van der Waals surface area contributed by atoms with Gasteiger partial charge in [0, 0.05) is 4.88 Å². The molecular weight excluding hydrogens is 304 g/mol. The van der Waals surface area contributed by atoms with Gasteiger partial charge in [0.1, 0.15) is 4.83 Å².